The molecule has 0 saturated heterocycles. The molecule has 168 valence electrons. The quantitative estimate of drug-likeness (QED) is 0.521. The van der Waals surface area contributed by atoms with Crippen LogP contribution in [0, 0.1) is 0 Å². The van der Waals surface area contributed by atoms with Crippen LogP contribution in [0.25, 0.3) is 0 Å². The molecule has 0 fully saturated rings. The van der Waals surface area contributed by atoms with Crippen molar-refractivity contribution < 1.29 is 22.7 Å². The van der Waals surface area contributed by atoms with Crippen molar-refractivity contribution in [3.8, 4) is 11.5 Å². The number of hydrogen-bond donors (Lipinski definition) is 1. The molecule has 0 saturated carbocycles. The lowest BCUT2D eigenvalue weighted by molar-refractivity contribution is -0.114. The number of anilines is 2. The molecule has 3 aromatic carbocycles. The normalized spacial score (nSPS) is 11.1. The number of nitrogens with zero attached hydrogens (tertiary/aromatic N) is 1. The van der Waals surface area contributed by atoms with E-state index in [1.165, 1.54) is 19.2 Å². The lowest BCUT2D eigenvalue weighted by Crippen LogP contribution is -2.38. The average Bonchev–Trinajstić information content (AvgIpc) is 2.78. The summed E-state index contributed by atoms with van der Waals surface area (Å²) in [5, 5.41) is 2.75. The van der Waals surface area contributed by atoms with Gasteiger partial charge in [0.1, 0.15) is 18.0 Å². The fraction of sp³-hybridized carbons (Fsp3) is 0.208. The van der Waals surface area contributed by atoms with Gasteiger partial charge in [0, 0.05) is 11.8 Å². The molecule has 0 bridgehead atoms. The minimum absolute atomic E-state index is 0.0157. The van der Waals surface area contributed by atoms with Gasteiger partial charge in [-0.1, -0.05) is 36.4 Å². The maximum absolute atomic E-state index is 13.4. The number of nitrogens with one attached hydrogen (secondary N) is 1. The molecule has 3 rings (SSSR count). The second-order valence-electron chi connectivity index (χ2n) is 7.24. The summed E-state index contributed by atoms with van der Waals surface area (Å²) in [5.74, 6) is 0.445. The Morgan fingerprint density at radius 2 is 1.66 bits per heavy atom. The van der Waals surface area contributed by atoms with Gasteiger partial charge in [0.05, 0.1) is 23.8 Å². The highest BCUT2D eigenvalue weighted by atomic mass is 32.2. The summed E-state index contributed by atoms with van der Waals surface area (Å²) < 4.78 is 38.9. The summed E-state index contributed by atoms with van der Waals surface area (Å²) in [6.07, 6.45) is -0.0157. The van der Waals surface area contributed by atoms with E-state index in [4.69, 9.17) is 9.47 Å². The van der Waals surface area contributed by atoms with Gasteiger partial charge in [0.2, 0.25) is 5.91 Å². The second kappa shape index (κ2) is 10.2. The Morgan fingerprint density at radius 1 is 0.969 bits per heavy atom. The smallest absolute Gasteiger partial charge is 0.264 e. The first-order valence-electron chi connectivity index (χ1n) is 10.1. The van der Waals surface area contributed by atoms with Crippen LogP contribution in [0.1, 0.15) is 13.8 Å². The Labute approximate surface area is 188 Å². The van der Waals surface area contributed by atoms with E-state index in [-0.39, 0.29) is 16.7 Å². The van der Waals surface area contributed by atoms with E-state index in [1.807, 2.05) is 13.8 Å². The number of rotatable bonds is 9. The van der Waals surface area contributed by atoms with Gasteiger partial charge < -0.3 is 14.8 Å². The van der Waals surface area contributed by atoms with E-state index in [0.29, 0.717) is 17.2 Å². The molecule has 0 heterocycles. The minimum Gasteiger partial charge on any atom is -0.495 e. The molecule has 0 aliphatic carbocycles. The second-order valence-corrected chi connectivity index (χ2v) is 9.10. The third-order valence-electron chi connectivity index (χ3n) is 4.46. The molecule has 0 spiro atoms. The summed E-state index contributed by atoms with van der Waals surface area (Å²) in [5.41, 5.74) is 0.774. The topological polar surface area (TPSA) is 84.9 Å². The molecule has 0 atom stereocenters. The van der Waals surface area contributed by atoms with Gasteiger partial charge in [-0.2, -0.15) is 0 Å². The molecule has 1 amide bonds. The molecule has 7 nitrogen and oxygen atoms in total. The highest BCUT2D eigenvalue weighted by Crippen LogP contribution is 2.32. The molecule has 0 aliphatic heterocycles. The molecule has 0 aliphatic rings. The van der Waals surface area contributed by atoms with E-state index in [1.54, 1.807) is 66.7 Å². The molecule has 0 unspecified atom stereocenters. The first-order valence-corrected chi connectivity index (χ1v) is 11.5. The van der Waals surface area contributed by atoms with Gasteiger partial charge in [0.25, 0.3) is 10.0 Å². The van der Waals surface area contributed by atoms with E-state index < -0.39 is 22.5 Å². The van der Waals surface area contributed by atoms with Crippen molar-refractivity contribution in [1.29, 1.82) is 0 Å². The average molecular weight is 455 g/mol. The minimum atomic E-state index is -4.03. The van der Waals surface area contributed by atoms with Crippen LogP contribution < -0.4 is 19.1 Å². The van der Waals surface area contributed by atoms with E-state index in [0.717, 1.165) is 4.31 Å². The maximum Gasteiger partial charge on any atom is 0.264 e. The Bertz CT molecular complexity index is 1160. The Morgan fingerprint density at radius 3 is 2.34 bits per heavy atom. The number of amides is 1. The van der Waals surface area contributed by atoms with Crippen LogP contribution in [0.2, 0.25) is 0 Å². The summed E-state index contributed by atoms with van der Waals surface area (Å²) in [4.78, 5) is 13.0. The molecule has 3 aromatic rings. The zero-order valence-corrected chi connectivity index (χ0v) is 19.0. The number of hydrogen-bond acceptors (Lipinski definition) is 5. The molecule has 1 N–H and O–H groups in total. The first kappa shape index (κ1) is 23.1. The Balaban J connectivity index is 1.92. The van der Waals surface area contributed by atoms with Gasteiger partial charge in [0.15, 0.2) is 0 Å². The van der Waals surface area contributed by atoms with E-state index in [9.17, 15) is 13.2 Å². The third-order valence-corrected chi connectivity index (χ3v) is 6.24. The van der Waals surface area contributed by atoms with E-state index >= 15 is 0 Å². The van der Waals surface area contributed by atoms with Crippen molar-refractivity contribution in [2.45, 2.75) is 24.8 Å². The van der Waals surface area contributed by atoms with Crippen molar-refractivity contribution in [3.05, 3.63) is 78.9 Å². The van der Waals surface area contributed by atoms with Crippen LogP contribution in [0.4, 0.5) is 11.4 Å². The monoisotopic (exact) mass is 454 g/mol. The zero-order chi connectivity index (χ0) is 23.1. The summed E-state index contributed by atoms with van der Waals surface area (Å²) in [7, 11) is -2.58. The number of methoxy groups -OCH3 is 1. The lowest BCUT2D eigenvalue weighted by Gasteiger charge is -2.25. The van der Waals surface area contributed by atoms with Crippen molar-refractivity contribution in [2.24, 2.45) is 0 Å². The Hall–Kier alpha value is -3.52. The van der Waals surface area contributed by atoms with Gasteiger partial charge in [-0.15, -0.1) is 0 Å². The Kier molecular flexibility index (Phi) is 7.37. The van der Waals surface area contributed by atoms with Crippen LogP contribution in [0.3, 0.4) is 0 Å². The summed E-state index contributed by atoms with van der Waals surface area (Å²) >= 11 is 0. The van der Waals surface area contributed by atoms with Gasteiger partial charge in [-0.05, 0) is 50.2 Å². The first-order chi connectivity index (χ1) is 15.3. The highest BCUT2D eigenvalue weighted by molar-refractivity contribution is 7.92. The predicted octanol–water partition coefficient (Wildman–Crippen LogP) is 4.32. The predicted molar refractivity (Wildman–Crippen MR) is 125 cm³/mol. The lowest BCUT2D eigenvalue weighted by atomic mass is 10.2. The van der Waals surface area contributed by atoms with E-state index in [2.05, 4.69) is 5.32 Å². The zero-order valence-electron chi connectivity index (χ0n) is 18.2. The van der Waals surface area contributed by atoms with Gasteiger partial charge >= 0.3 is 0 Å². The van der Waals surface area contributed by atoms with Gasteiger partial charge in [-0.25, -0.2) is 8.42 Å². The van der Waals surface area contributed by atoms with Crippen LogP contribution >= 0.6 is 0 Å². The standard InChI is InChI=1S/C24H26N2O5S/c1-18(2)31-20-11-9-10-19(16-20)25-24(27)17-26(22-14-7-8-15-23(22)30-3)32(28,29)21-12-5-4-6-13-21/h4-16,18H,17H2,1-3H3,(H,25,27). The highest BCUT2D eigenvalue weighted by Gasteiger charge is 2.29. The largest absolute Gasteiger partial charge is 0.495 e. The maximum atomic E-state index is 13.4. The van der Waals surface area contributed by atoms with Gasteiger partial charge in [-0.3, -0.25) is 9.10 Å². The van der Waals surface area contributed by atoms with Crippen molar-refractivity contribution in [3.63, 3.8) is 0 Å². The fourth-order valence-electron chi connectivity index (χ4n) is 3.11. The van der Waals surface area contributed by atoms with Crippen LogP contribution in [0.5, 0.6) is 11.5 Å². The number of carbonyl (C=O) groups is 1. The fourth-order valence-corrected chi connectivity index (χ4v) is 4.56. The van der Waals surface area contributed by atoms with Crippen LogP contribution in [-0.2, 0) is 14.8 Å². The summed E-state index contributed by atoms with van der Waals surface area (Å²) in [6.45, 7) is 3.38. The third kappa shape index (κ3) is 5.59. The SMILES string of the molecule is COc1ccccc1N(CC(=O)Nc1cccc(OC(C)C)c1)S(=O)(=O)c1ccccc1. The number of carbonyl (C=O) groups excluding carboxylic acids is 1. The van der Waals surface area contributed by atoms with Crippen molar-refractivity contribution in [1.82, 2.24) is 0 Å². The van der Waals surface area contributed by atoms with Crippen molar-refractivity contribution in [2.75, 3.05) is 23.3 Å². The van der Waals surface area contributed by atoms with Crippen LogP contribution in [0.15, 0.2) is 83.8 Å². The number of sulfonamides is 1. The van der Waals surface area contributed by atoms with Crippen LogP contribution in [-0.4, -0.2) is 34.1 Å². The number of benzene rings is 3. The number of para-hydroxylation sites is 2. The molecule has 0 aromatic heterocycles. The molecular weight excluding hydrogens is 428 g/mol. The summed E-state index contributed by atoms with van der Waals surface area (Å²) in [6, 6.07) is 21.6. The number of ether oxygens (including phenoxy) is 2. The molecule has 0 radical (unpaired) electrons. The van der Waals surface area contributed by atoms with Crippen molar-refractivity contribution >= 4 is 27.3 Å². The molecule has 8 heteroatoms. The molecule has 32 heavy (non-hydrogen) atoms. The molecular formula is C24H26N2O5S.